The molecule has 2 aliphatic carbocycles. The fraction of sp³-hybridized carbons (Fsp3) is 0.429. The van der Waals surface area contributed by atoms with Crippen LogP contribution in [0.5, 0.6) is 11.5 Å². The van der Waals surface area contributed by atoms with Crippen LogP contribution in [0.15, 0.2) is 71.8 Å². The van der Waals surface area contributed by atoms with Crippen LogP contribution in [0.3, 0.4) is 0 Å². The summed E-state index contributed by atoms with van der Waals surface area (Å²) in [6.07, 6.45) is 2.20. The first-order valence-electron chi connectivity index (χ1n) is 15.2. The predicted molar refractivity (Wildman–Crippen MR) is 174 cm³/mol. The molecule has 0 aliphatic heterocycles. The number of halogens is 2. The summed E-state index contributed by atoms with van der Waals surface area (Å²) in [5.41, 5.74) is 2.29. The number of esters is 4. The minimum Gasteiger partial charge on any atom is -0.497 e. The summed E-state index contributed by atoms with van der Waals surface area (Å²) < 4.78 is 33.1. The molecule has 0 saturated carbocycles. The highest BCUT2D eigenvalue weighted by atomic mass is 35.5. The molecule has 6 atom stereocenters. The molecule has 12 heteroatoms. The van der Waals surface area contributed by atoms with Crippen molar-refractivity contribution in [3.63, 3.8) is 0 Å². The number of hydrogen-bond acceptors (Lipinski definition) is 10. The van der Waals surface area contributed by atoms with E-state index < -0.39 is 59.0 Å². The zero-order chi connectivity index (χ0) is 34.1. The molecule has 0 spiro atoms. The van der Waals surface area contributed by atoms with Crippen molar-refractivity contribution in [3.8, 4) is 11.5 Å². The number of benzene rings is 2. The van der Waals surface area contributed by atoms with Crippen molar-refractivity contribution in [3.05, 3.63) is 83.0 Å². The zero-order valence-corrected chi connectivity index (χ0v) is 28.1. The summed E-state index contributed by atoms with van der Waals surface area (Å²) in [7, 11) is 3.06. The normalized spacial score (nSPS) is 24.3. The third-order valence-corrected chi connectivity index (χ3v) is 8.57. The molecule has 0 aromatic heterocycles. The maximum Gasteiger partial charge on any atom is 0.338 e. The number of carbonyl (C=O) groups excluding carboxylic acids is 4. The van der Waals surface area contributed by atoms with Gasteiger partial charge in [-0.3, -0.25) is 9.59 Å². The lowest BCUT2D eigenvalue weighted by atomic mass is 9.96. The Morgan fingerprint density at radius 1 is 0.617 bits per heavy atom. The number of rotatable bonds is 10. The van der Waals surface area contributed by atoms with E-state index in [2.05, 4.69) is 0 Å². The van der Waals surface area contributed by atoms with Crippen LogP contribution in [-0.2, 0) is 28.5 Å². The maximum atomic E-state index is 13.0. The molecule has 0 unspecified atom stereocenters. The molecular formula is C35H38Cl2O10. The second-order valence-corrected chi connectivity index (χ2v) is 12.4. The first kappa shape index (κ1) is 35.8. The number of ether oxygens (including phenoxy) is 6. The standard InChI is InChI=1S/C35H38Cl2O10/c1-20(38)44-28-14-22(16-30(36)32(18-28)46-34(40)24-5-9-26(42-3)10-6-24)13-23-15-29(45-21(2)39)19-33(31(37)17-23)47-35(41)25-7-11-27(43-4)12-8-25/h5-12,16-17,28-33H,13-15,18-19H2,1-4H3/t28-,29+,30+,31-,32-,33+. The van der Waals surface area contributed by atoms with E-state index in [4.69, 9.17) is 51.6 Å². The first-order valence-corrected chi connectivity index (χ1v) is 16.0. The Balaban J connectivity index is 1.53. The van der Waals surface area contributed by atoms with Gasteiger partial charge in [0.25, 0.3) is 0 Å². The fourth-order valence-corrected chi connectivity index (χ4v) is 6.29. The zero-order valence-electron chi connectivity index (χ0n) is 26.6. The van der Waals surface area contributed by atoms with Gasteiger partial charge in [0.05, 0.1) is 36.1 Å². The quantitative estimate of drug-likeness (QED) is 0.120. The van der Waals surface area contributed by atoms with Crippen molar-refractivity contribution >= 4 is 47.1 Å². The van der Waals surface area contributed by atoms with E-state index in [0.717, 1.165) is 11.1 Å². The summed E-state index contributed by atoms with van der Waals surface area (Å²) in [4.78, 5) is 49.9. The van der Waals surface area contributed by atoms with Crippen LogP contribution in [0.25, 0.3) is 0 Å². The van der Waals surface area contributed by atoms with E-state index in [0.29, 0.717) is 41.9 Å². The topological polar surface area (TPSA) is 124 Å². The Kier molecular flexibility index (Phi) is 12.7. The van der Waals surface area contributed by atoms with Gasteiger partial charge < -0.3 is 28.4 Å². The third kappa shape index (κ3) is 10.5. The largest absolute Gasteiger partial charge is 0.497 e. The molecule has 2 aromatic carbocycles. The van der Waals surface area contributed by atoms with Gasteiger partial charge in [-0.05, 0) is 55.0 Å². The van der Waals surface area contributed by atoms with Crippen molar-refractivity contribution in [2.45, 2.75) is 81.1 Å². The van der Waals surface area contributed by atoms with Crippen LogP contribution in [-0.4, -0.2) is 73.3 Å². The van der Waals surface area contributed by atoms with Gasteiger partial charge in [-0.2, -0.15) is 0 Å². The molecule has 252 valence electrons. The van der Waals surface area contributed by atoms with Crippen LogP contribution in [0.4, 0.5) is 0 Å². The van der Waals surface area contributed by atoms with Crippen LogP contribution in [0.2, 0.25) is 0 Å². The number of methoxy groups -OCH3 is 2. The molecule has 0 heterocycles. The van der Waals surface area contributed by atoms with Crippen LogP contribution < -0.4 is 9.47 Å². The Labute approximate surface area is 283 Å². The Morgan fingerprint density at radius 3 is 1.30 bits per heavy atom. The highest BCUT2D eigenvalue weighted by molar-refractivity contribution is 6.22. The molecule has 0 saturated heterocycles. The van der Waals surface area contributed by atoms with E-state index in [1.54, 1.807) is 60.7 Å². The summed E-state index contributed by atoms with van der Waals surface area (Å²) >= 11 is 13.6. The molecule has 0 bridgehead atoms. The lowest BCUT2D eigenvalue weighted by Gasteiger charge is -2.23. The maximum absolute atomic E-state index is 13.0. The molecule has 0 fully saturated rings. The third-order valence-electron chi connectivity index (χ3n) is 7.76. The van der Waals surface area contributed by atoms with Crippen LogP contribution >= 0.6 is 23.2 Å². The number of alkyl halides is 2. The number of carbonyl (C=O) groups is 4. The van der Waals surface area contributed by atoms with Crippen LogP contribution in [0, 0.1) is 0 Å². The van der Waals surface area contributed by atoms with Crippen molar-refractivity contribution in [1.82, 2.24) is 0 Å². The van der Waals surface area contributed by atoms with Crippen molar-refractivity contribution < 1.29 is 47.6 Å². The van der Waals surface area contributed by atoms with Crippen molar-refractivity contribution in [2.75, 3.05) is 14.2 Å². The van der Waals surface area contributed by atoms with Gasteiger partial charge >= 0.3 is 23.9 Å². The van der Waals surface area contributed by atoms with Gasteiger partial charge in [0, 0.05) is 39.5 Å². The summed E-state index contributed by atoms with van der Waals surface area (Å²) in [5.74, 6) is -0.908. The SMILES string of the molecule is COc1ccc(C(=O)O[C@H]2C[C@@H](OC(C)=O)CC(CC3=C[C@H](Cl)[C@H](OC(=O)c4ccc(OC)cc4)C[C@H](OC(C)=O)C3)=C[C@H]2Cl)cc1. The molecule has 4 rings (SSSR count). The summed E-state index contributed by atoms with van der Waals surface area (Å²) in [6, 6.07) is 13.0. The minimum atomic E-state index is -0.785. The van der Waals surface area contributed by atoms with E-state index in [1.165, 1.54) is 28.1 Å². The summed E-state index contributed by atoms with van der Waals surface area (Å²) in [6.45, 7) is 2.63. The van der Waals surface area contributed by atoms with E-state index in [1.807, 2.05) is 0 Å². The van der Waals surface area contributed by atoms with Gasteiger partial charge in [0.2, 0.25) is 0 Å². The van der Waals surface area contributed by atoms with E-state index in [9.17, 15) is 19.2 Å². The predicted octanol–water partition coefficient (Wildman–Crippen LogP) is 6.36. The van der Waals surface area contributed by atoms with Gasteiger partial charge in [0.1, 0.15) is 35.9 Å². The lowest BCUT2D eigenvalue weighted by Crippen LogP contribution is -2.31. The smallest absolute Gasteiger partial charge is 0.338 e. The lowest BCUT2D eigenvalue weighted by molar-refractivity contribution is -0.148. The molecule has 0 radical (unpaired) electrons. The molecule has 10 nitrogen and oxygen atoms in total. The summed E-state index contributed by atoms with van der Waals surface area (Å²) in [5, 5.41) is -1.46. The van der Waals surface area contributed by atoms with Gasteiger partial charge in [0.15, 0.2) is 0 Å². The molecule has 2 aliphatic rings. The molecule has 0 amide bonds. The van der Waals surface area contributed by atoms with Crippen molar-refractivity contribution in [1.29, 1.82) is 0 Å². The Bertz CT molecular complexity index is 1370. The van der Waals surface area contributed by atoms with Crippen molar-refractivity contribution in [2.24, 2.45) is 0 Å². The first-order chi connectivity index (χ1) is 22.4. The monoisotopic (exact) mass is 688 g/mol. The van der Waals surface area contributed by atoms with Gasteiger partial charge in [-0.15, -0.1) is 23.2 Å². The molecular weight excluding hydrogens is 651 g/mol. The fourth-order valence-electron chi connectivity index (χ4n) is 5.63. The second kappa shape index (κ2) is 16.7. The van der Waals surface area contributed by atoms with E-state index in [-0.39, 0.29) is 12.8 Å². The average Bonchev–Trinajstić information content (AvgIpc) is 3.25. The number of hydrogen-bond donors (Lipinski definition) is 0. The average molecular weight is 690 g/mol. The minimum absolute atomic E-state index is 0.187. The van der Waals surface area contributed by atoms with Gasteiger partial charge in [-0.25, -0.2) is 9.59 Å². The molecule has 47 heavy (non-hydrogen) atoms. The highest BCUT2D eigenvalue weighted by Crippen LogP contribution is 2.35. The van der Waals surface area contributed by atoms with Crippen LogP contribution in [0.1, 0.15) is 66.7 Å². The second-order valence-electron chi connectivity index (χ2n) is 11.4. The van der Waals surface area contributed by atoms with E-state index >= 15 is 0 Å². The Hall–Kier alpha value is -4.02. The molecule has 0 N–H and O–H groups in total. The van der Waals surface area contributed by atoms with Gasteiger partial charge in [-0.1, -0.05) is 23.3 Å². The highest BCUT2D eigenvalue weighted by Gasteiger charge is 2.35. The Morgan fingerprint density at radius 2 is 0.979 bits per heavy atom. The molecule has 2 aromatic rings.